The lowest BCUT2D eigenvalue weighted by molar-refractivity contribution is 0.183. The van der Waals surface area contributed by atoms with Gasteiger partial charge in [0.2, 0.25) is 0 Å². The molecule has 1 fully saturated rings. The highest BCUT2D eigenvalue weighted by molar-refractivity contribution is 5.43. The average molecular weight is 465 g/mol. The Hall–Kier alpha value is -3.36. The summed E-state index contributed by atoms with van der Waals surface area (Å²) in [6.07, 6.45) is 1.80. The molecule has 0 spiro atoms. The average Bonchev–Trinajstić information content (AvgIpc) is 2.87. The van der Waals surface area contributed by atoms with E-state index in [1.165, 1.54) is 0 Å². The number of anilines is 1. The van der Waals surface area contributed by atoms with Gasteiger partial charge in [0, 0.05) is 51.7 Å². The van der Waals surface area contributed by atoms with Crippen molar-refractivity contribution in [1.29, 1.82) is 0 Å². The summed E-state index contributed by atoms with van der Waals surface area (Å²) in [4.78, 5) is 22.6. The molecule has 0 radical (unpaired) electrons. The Bertz CT molecular complexity index is 1140. The van der Waals surface area contributed by atoms with E-state index in [1.54, 1.807) is 31.0 Å². The molecule has 0 aliphatic carbocycles. The molecule has 0 saturated carbocycles. The topological polar surface area (TPSA) is 80.1 Å². The van der Waals surface area contributed by atoms with Gasteiger partial charge in [-0.25, -0.2) is 4.98 Å². The summed E-state index contributed by atoms with van der Waals surface area (Å²) in [5, 5.41) is 11.0. The van der Waals surface area contributed by atoms with Crippen LogP contribution in [-0.2, 0) is 11.3 Å². The SMILES string of the molecule is COCCn1c(C)cc(O)c([C@@H](c2ccc(OC)cc2)N2CCN(c3ccccn3)CC2)c1=O. The van der Waals surface area contributed by atoms with Gasteiger partial charge >= 0.3 is 0 Å². The second-order valence-electron chi connectivity index (χ2n) is 8.42. The number of hydrogen-bond donors (Lipinski definition) is 1. The number of rotatable bonds is 8. The van der Waals surface area contributed by atoms with E-state index in [2.05, 4.69) is 14.8 Å². The smallest absolute Gasteiger partial charge is 0.259 e. The fourth-order valence-electron chi connectivity index (χ4n) is 4.58. The van der Waals surface area contributed by atoms with Crippen LogP contribution in [0.5, 0.6) is 11.5 Å². The Morgan fingerprint density at radius 3 is 2.41 bits per heavy atom. The van der Waals surface area contributed by atoms with Gasteiger partial charge in [0.05, 0.1) is 25.3 Å². The summed E-state index contributed by atoms with van der Waals surface area (Å²) in [7, 11) is 3.24. The predicted molar refractivity (Wildman–Crippen MR) is 132 cm³/mol. The number of aryl methyl sites for hydroxylation is 1. The molecule has 3 heterocycles. The van der Waals surface area contributed by atoms with Gasteiger partial charge in [-0.05, 0) is 42.8 Å². The Labute approximate surface area is 200 Å². The van der Waals surface area contributed by atoms with E-state index in [-0.39, 0.29) is 11.3 Å². The van der Waals surface area contributed by atoms with E-state index in [1.807, 2.05) is 49.4 Å². The molecule has 1 atom stereocenters. The van der Waals surface area contributed by atoms with E-state index in [4.69, 9.17) is 9.47 Å². The largest absolute Gasteiger partial charge is 0.507 e. The highest BCUT2D eigenvalue weighted by atomic mass is 16.5. The van der Waals surface area contributed by atoms with Crippen LogP contribution in [0.25, 0.3) is 0 Å². The molecule has 0 bridgehead atoms. The van der Waals surface area contributed by atoms with Gasteiger partial charge in [0.15, 0.2) is 0 Å². The maximum absolute atomic E-state index is 13.7. The van der Waals surface area contributed by atoms with Crippen LogP contribution in [0.1, 0.15) is 22.9 Å². The van der Waals surface area contributed by atoms with Crippen molar-refractivity contribution < 1.29 is 14.6 Å². The lowest BCUT2D eigenvalue weighted by Gasteiger charge is -2.40. The first-order valence-electron chi connectivity index (χ1n) is 11.5. The number of piperazine rings is 1. The van der Waals surface area contributed by atoms with E-state index in [0.29, 0.717) is 24.4 Å². The molecule has 1 aromatic carbocycles. The number of benzene rings is 1. The lowest BCUT2D eigenvalue weighted by atomic mass is 9.95. The molecule has 2 aromatic heterocycles. The predicted octanol–water partition coefficient (Wildman–Crippen LogP) is 2.82. The van der Waals surface area contributed by atoms with Gasteiger partial charge in [-0.3, -0.25) is 9.69 Å². The summed E-state index contributed by atoms with van der Waals surface area (Å²) < 4.78 is 12.2. The molecule has 0 amide bonds. The van der Waals surface area contributed by atoms with Crippen molar-refractivity contribution in [3.8, 4) is 11.5 Å². The number of ether oxygens (including phenoxy) is 2. The molecule has 1 N–H and O–H groups in total. The van der Waals surface area contributed by atoms with E-state index in [0.717, 1.165) is 43.3 Å². The summed E-state index contributed by atoms with van der Waals surface area (Å²) in [6, 6.07) is 14.9. The highest BCUT2D eigenvalue weighted by Gasteiger charge is 2.31. The number of pyridine rings is 2. The third-order valence-corrected chi connectivity index (χ3v) is 6.40. The molecule has 4 rings (SSSR count). The third kappa shape index (κ3) is 4.93. The summed E-state index contributed by atoms with van der Waals surface area (Å²) >= 11 is 0. The normalized spacial score (nSPS) is 15.3. The van der Waals surface area contributed by atoms with Gasteiger partial charge < -0.3 is 24.0 Å². The second-order valence-corrected chi connectivity index (χ2v) is 8.42. The van der Waals surface area contributed by atoms with Crippen LogP contribution < -0.4 is 15.2 Å². The van der Waals surface area contributed by atoms with Crippen LogP contribution >= 0.6 is 0 Å². The van der Waals surface area contributed by atoms with Crippen LogP contribution in [0.15, 0.2) is 59.5 Å². The molecule has 1 saturated heterocycles. The Morgan fingerprint density at radius 1 is 1.06 bits per heavy atom. The Kier molecular flexibility index (Phi) is 7.49. The molecule has 1 aliphatic rings. The lowest BCUT2D eigenvalue weighted by Crippen LogP contribution is -2.49. The van der Waals surface area contributed by atoms with Crippen LogP contribution in [0.3, 0.4) is 0 Å². The maximum Gasteiger partial charge on any atom is 0.259 e. The Morgan fingerprint density at radius 2 is 1.79 bits per heavy atom. The van der Waals surface area contributed by atoms with Gasteiger partial charge in [-0.1, -0.05) is 18.2 Å². The van der Waals surface area contributed by atoms with Crippen molar-refractivity contribution in [2.24, 2.45) is 0 Å². The van der Waals surface area contributed by atoms with Crippen molar-refractivity contribution in [2.75, 3.05) is 51.9 Å². The number of aromatic nitrogens is 2. The van der Waals surface area contributed by atoms with Crippen molar-refractivity contribution in [1.82, 2.24) is 14.5 Å². The molecule has 8 heteroatoms. The molecular weight excluding hydrogens is 432 g/mol. The van der Waals surface area contributed by atoms with Crippen LogP contribution in [0.2, 0.25) is 0 Å². The molecular formula is C26H32N4O4. The van der Waals surface area contributed by atoms with E-state index < -0.39 is 6.04 Å². The monoisotopic (exact) mass is 464 g/mol. The van der Waals surface area contributed by atoms with Gasteiger partial charge in [-0.2, -0.15) is 0 Å². The van der Waals surface area contributed by atoms with Crippen molar-refractivity contribution >= 4 is 5.82 Å². The van der Waals surface area contributed by atoms with E-state index in [9.17, 15) is 9.90 Å². The van der Waals surface area contributed by atoms with Crippen molar-refractivity contribution in [3.63, 3.8) is 0 Å². The molecule has 3 aromatic rings. The van der Waals surface area contributed by atoms with E-state index >= 15 is 0 Å². The quantitative estimate of drug-likeness (QED) is 0.549. The highest BCUT2D eigenvalue weighted by Crippen LogP contribution is 2.34. The molecule has 8 nitrogen and oxygen atoms in total. The van der Waals surface area contributed by atoms with Gasteiger partial charge in [0.25, 0.3) is 5.56 Å². The molecule has 1 aliphatic heterocycles. The van der Waals surface area contributed by atoms with Crippen LogP contribution in [0.4, 0.5) is 5.82 Å². The van der Waals surface area contributed by atoms with Gasteiger partial charge in [-0.15, -0.1) is 0 Å². The zero-order valence-corrected chi connectivity index (χ0v) is 20.0. The zero-order valence-electron chi connectivity index (χ0n) is 20.0. The number of nitrogens with zero attached hydrogens (tertiary/aromatic N) is 4. The minimum atomic E-state index is -0.390. The number of aromatic hydroxyl groups is 1. The standard InChI is InChI=1S/C26H32N4O4/c1-19-18-22(31)24(26(32)30(19)16-17-33-2)25(20-7-9-21(34-3)10-8-20)29-14-12-28(13-15-29)23-6-4-5-11-27-23/h4-11,18,25,31H,12-17H2,1-3H3/t25-/m1/s1. The van der Waals surface area contributed by atoms with Crippen LogP contribution in [0, 0.1) is 6.92 Å². The summed E-state index contributed by atoms with van der Waals surface area (Å²) in [5.41, 5.74) is 1.83. The van der Waals surface area contributed by atoms with Crippen LogP contribution in [-0.4, -0.2) is 66.6 Å². The second kappa shape index (κ2) is 10.7. The molecule has 34 heavy (non-hydrogen) atoms. The maximum atomic E-state index is 13.7. The first-order valence-corrected chi connectivity index (χ1v) is 11.5. The Balaban J connectivity index is 1.72. The molecule has 0 unspecified atom stereocenters. The third-order valence-electron chi connectivity index (χ3n) is 6.40. The summed E-state index contributed by atoms with van der Waals surface area (Å²) in [6.45, 7) is 5.66. The number of hydrogen-bond acceptors (Lipinski definition) is 7. The fourth-order valence-corrected chi connectivity index (χ4v) is 4.58. The first-order chi connectivity index (χ1) is 16.5. The number of methoxy groups -OCH3 is 2. The first kappa shape index (κ1) is 23.8. The van der Waals surface area contributed by atoms with Gasteiger partial charge in [0.1, 0.15) is 17.3 Å². The minimum Gasteiger partial charge on any atom is -0.507 e. The zero-order chi connectivity index (χ0) is 24.1. The summed E-state index contributed by atoms with van der Waals surface area (Å²) in [5.74, 6) is 1.71. The van der Waals surface area contributed by atoms with Crippen molar-refractivity contribution in [3.05, 3.63) is 81.9 Å². The minimum absolute atomic E-state index is 0.0177. The molecule has 180 valence electrons. The fraction of sp³-hybridized carbons (Fsp3) is 0.385. The van der Waals surface area contributed by atoms with Crippen molar-refractivity contribution in [2.45, 2.75) is 19.5 Å².